The molecule has 2 fully saturated rings. The van der Waals surface area contributed by atoms with Gasteiger partial charge in [0.1, 0.15) is 23.0 Å². The van der Waals surface area contributed by atoms with E-state index < -0.39 is 69.3 Å². The van der Waals surface area contributed by atoms with E-state index in [2.05, 4.69) is 61.5 Å². The number of anilines is 10. The molecule has 524 valence electrons. The van der Waals surface area contributed by atoms with Crippen molar-refractivity contribution in [1.82, 2.24) is 24.9 Å². The van der Waals surface area contributed by atoms with Crippen LogP contribution in [0.3, 0.4) is 0 Å². The molecule has 32 nitrogen and oxygen atoms in total. The van der Waals surface area contributed by atoms with Gasteiger partial charge in [0, 0.05) is 80.9 Å². The van der Waals surface area contributed by atoms with Crippen LogP contribution in [0.25, 0.3) is 12.2 Å². The number of carbonyl (C=O) groups excluding carboxylic acids is 4. The van der Waals surface area contributed by atoms with Crippen LogP contribution in [0.5, 0.6) is 0 Å². The van der Waals surface area contributed by atoms with Crippen LogP contribution in [-0.4, -0.2) is 178 Å². The lowest BCUT2D eigenvalue weighted by Gasteiger charge is -2.27. The fourth-order valence-corrected chi connectivity index (χ4v) is 14.2. The standard InChI is InChI=1S/C61H69N17O15S6/c1-7-75(8-2)41-15-21-47(71-73-60-66-53(77-23-27-92-28-24-77)51(95-60)35-45(37(5)79)55(81)62-39-11-17-43(18-12-39)98(86,87)88)49(33-41)64-57-68-58(70-59(69-57)94-31-32-97(83,84)85)65-50-34-42(76(9-3)10-4)16-22-48(50)72-74-61-67-54(78-25-29-93-30-26-78)52(96-61)36-46(38(6)80)56(82)63-40-13-19-44(20-14-40)99(89,90)91/h11-22,33-36H,7-10,23-32H2,1-6H3,(H,62,81)(H,63,82)(H,83,84,85)(H,86,87,88)(H,89,90,91)(H2,64,65,68,69,70)/b45-35-,46-36+,73-71?,74-72?. The van der Waals surface area contributed by atoms with Crippen LogP contribution in [-0.2, 0) is 59.0 Å². The number of carbonyl (C=O) groups is 4. The molecule has 0 saturated carbocycles. The Morgan fingerprint density at radius 1 is 0.556 bits per heavy atom. The Bertz CT molecular complexity index is 4340. The SMILES string of the molecule is CCN(CC)c1ccc(N=Nc2nc(N3CCOCC3)c(/C=C(/C(C)=O)C(=O)Nc3ccc(S(=O)(=O)O)cc3)s2)c(Nc2nc(Nc3cc(N(CC)CC)ccc3N=Nc3nc(N4CCOCC4)c(/C=C(\C(C)=O)C(=O)Nc4ccc(S(=O)(=O)O)cc4)s3)nc(SCCS(=O)(=O)O)n2)c1. The quantitative estimate of drug-likeness (QED) is 0.00549. The average molecular weight is 1470 g/mol. The summed E-state index contributed by atoms with van der Waals surface area (Å²) in [6.07, 6.45) is 2.78. The molecule has 2 aliphatic heterocycles. The predicted molar refractivity (Wildman–Crippen MR) is 379 cm³/mol. The number of Topliss-reactive ketones (excluding diaryl/α,β-unsaturated/α-hetero) is 2. The van der Waals surface area contributed by atoms with Gasteiger partial charge in [0.2, 0.25) is 22.2 Å². The zero-order valence-corrected chi connectivity index (χ0v) is 59.0. The maximum absolute atomic E-state index is 13.7. The van der Waals surface area contributed by atoms with E-state index in [9.17, 15) is 58.1 Å². The lowest BCUT2D eigenvalue weighted by atomic mass is 10.1. The Kier molecular flexibility index (Phi) is 24.8. The summed E-state index contributed by atoms with van der Waals surface area (Å²) in [7, 11) is -13.4. The number of hydrogen-bond donors (Lipinski definition) is 7. The molecule has 7 N–H and O–H groups in total. The van der Waals surface area contributed by atoms with Gasteiger partial charge >= 0.3 is 0 Å². The number of nitrogens with zero attached hydrogens (tertiary/aromatic N) is 13. The van der Waals surface area contributed by atoms with Crippen LogP contribution >= 0.6 is 34.4 Å². The van der Waals surface area contributed by atoms with Crippen molar-refractivity contribution in [3.8, 4) is 0 Å². The summed E-state index contributed by atoms with van der Waals surface area (Å²) >= 11 is 3.01. The molecule has 3 aromatic heterocycles. The van der Waals surface area contributed by atoms with E-state index in [1.807, 2.05) is 61.8 Å². The molecule has 0 atom stereocenters. The zero-order valence-electron chi connectivity index (χ0n) is 54.1. The van der Waals surface area contributed by atoms with Crippen LogP contribution in [0.4, 0.5) is 79.3 Å². The van der Waals surface area contributed by atoms with Crippen LogP contribution in [0.1, 0.15) is 51.3 Å². The molecule has 0 spiro atoms. The third-order valence-corrected chi connectivity index (χ3v) is 20.2. The summed E-state index contributed by atoms with van der Waals surface area (Å²) in [5.74, 6) is -2.89. The minimum absolute atomic E-state index is 0.0326. The van der Waals surface area contributed by atoms with E-state index in [4.69, 9.17) is 24.4 Å². The highest BCUT2D eigenvalue weighted by atomic mass is 32.2. The number of amides is 2. The van der Waals surface area contributed by atoms with E-state index >= 15 is 0 Å². The number of ketones is 2. The number of thiazole rings is 2. The largest absolute Gasteiger partial charge is 0.378 e. The van der Waals surface area contributed by atoms with E-state index in [0.29, 0.717) is 112 Å². The molecule has 2 amide bonds. The van der Waals surface area contributed by atoms with Gasteiger partial charge < -0.3 is 50.3 Å². The van der Waals surface area contributed by atoms with E-state index in [1.165, 1.54) is 50.3 Å². The molecule has 4 aromatic carbocycles. The number of thioether (sulfide) groups is 1. The summed E-state index contributed by atoms with van der Waals surface area (Å²) in [4.78, 5) is 85.6. The number of benzene rings is 4. The van der Waals surface area contributed by atoms with Gasteiger partial charge in [-0.3, -0.25) is 32.8 Å². The average Bonchev–Trinajstić information content (AvgIpc) is 1.77. The minimum Gasteiger partial charge on any atom is -0.378 e. The fourth-order valence-electron chi connectivity index (χ4n) is 9.83. The van der Waals surface area contributed by atoms with Gasteiger partial charge in [-0.1, -0.05) is 34.4 Å². The maximum Gasteiger partial charge on any atom is 0.294 e. The molecule has 9 rings (SSSR count). The Morgan fingerprint density at radius 2 is 0.939 bits per heavy atom. The van der Waals surface area contributed by atoms with Crippen molar-refractivity contribution in [2.75, 3.05) is 131 Å². The Morgan fingerprint density at radius 3 is 1.28 bits per heavy atom. The molecule has 0 radical (unpaired) electrons. The second-order valence-corrected chi connectivity index (χ2v) is 29.0. The van der Waals surface area contributed by atoms with E-state index in [1.54, 1.807) is 12.1 Å². The molecular formula is C61H69N17O15S6. The second-order valence-electron chi connectivity index (χ2n) is 21.5. The molecule has 99 heavy (non-hydrogen) atoms. The number of ether oxygens (including phenoxy) is 2. The van der Waals surface area contributed by atoms with Crippen molar-refractivity contribution < 1.29 is 67.6 Å². The van der Waals surface area contributed by atoms with Crippen molar-refractivity contribution in [1.29, 1.82) is 0 Å². The van der Waals surface area contributed by atoms with Crippen LogP contribution in [0.15, 0.2) is 131 Å². The molecule has 0 bridgehead atoms. The third kappa shape index (κ3) is 20.3. The summed E-state index contributed by atoms with van der Waals surface area (Å²) < 4.78 is 110. The molecule has 7 aromatic rings. The lowest BCUT2D eigenvalue weighted by molar-refractivity contribution is -0.120. The third-order valence-electron chi connectivity index (χ3n) is 14.9. The molecule has 38 heteroatoms. The van der Waals surface area contributed by atoms with E-state index in [-0.39, 0.29) is 67.0 Å². The van der Waals surface area contributed by atoms with Crippen LogP contribution in [0, 0.1) is 0 Å². The summed E-state index contributed by atoms with van der Waals surface area (Å²) in [6, 6.07) is 20.2. The highest BCUT2D eigenvalue weighted by molar-refractivity contribution is 8.00. The van der Waals surface area contributed by atoms with Crippen molar-refractivity contribution in [3.63, 3.8) is 0 Å². The Labute approximate surface area is 582 Å². The molecule has 0 aliphatic carbocycles. The molecule has 0 unspecified atom stereocenters. The number of hydrogen-bond acceptors (Lipinski definition) is 30. The normalized spacial score (nSPS) is 14.2. The summed E-state index contributed by atoms with van der Waals surface area (Å²) in [6.45, 7) is 16.0. The second kappa shape index (κ2) is 33.2. The van der Waals surface area contributed by atoms with Gasteiger partial charge in [-0.2, -0.15) is 50.2 Å². The molecular weight excluding hydrogens is 1400 g/mol. The molecule has 2 saturated heterocycles. The van der Waals surface area contributed by atoms with Crippen molar-refractivity contribution in [3.05, 3.63) is 106 Å². The first kappa shape index (κ1) is 74.1. The Balaban J connectivity index is 1.07. The van der Waals surface area contributed by atoms with Crippen molar-refractivity contribution in [2.24, 2.45) is 20.5 Å². The number of nitrogens with one attached hydrogen (secondary N) is 4. The summed E-state index contributed by atoms with van der Waals surface area (Å²) in [5.41, 5.74) is 2.56. The molecule has 2 aliphatic rings. The van der Waals surface area contributed by atoms with Gasteiger partial charge in [-0.05, 0) is 139 Å². The lowest BCUT2D eigenvalue weighted by Crippen LogP contribution is -2.36. The molecule has 5 heterocycles. The van der Waals surface area contributed by atoms with E-state index in [0.717, 1.165) is 70.1 Å². The number of azo groups is 2. The topological polar surface area (TPSA) is 425 Å². The highest BCUT2D eigenvalue weighted by Crippen LogP contribution is 2.41. The maximum atomic E-state index is 13.7. The first-order chi connectivity index (χ1) is 47.2. The monoisotopic (exact) mass is 1470 g/mol. The van der Waals surface area contributed by atoms with Crippen LogP contribution < -0.4 is 40.9 Å². The van der Waals surface area contributed by atoms with Crippen molar-refractivity contribution >= 4 is 180 Å². The first-order valence-electron chi connectivity index (χ1n) is 30.6. The predicted octanol–water partition coefficient (Wildman–Crippen LogP) is 10.2. The zero-order chi connectivity index (χ0) is 71.2. The van der Waals surface area contributed by atoms with Gasteiger partial charge in [0.25, 0.3) is 42.2 Å². The first-order valence-corrected chi connectivity index (χ1v) is 37.7. The van der Waals surface area contributed by atoms with Gasteiger partial charge in [-0.25, -0.2) is 0 Å². The van der Waals surface area contributed by atoms with Gasteiger partial charge in [0.05, 0.1) is 74.2 Å². The Hall–Kier alpha value is -9.09. The number of aromatic nitrogens is 5. The smallest absolute Gasteiger partial charge is 0.294 e. The van der Waals surface area contributed by atoms with Gasteiger partial charge in [-0.15, -0.1) is 20.5 Å². The number of rotatable bonds is 30. The fraction of sp³-hybridized carbons (Fsp3) is 0.328. The van der Waals surface area contributed by atoms with Crippen LogP contribution in [0.2, 0.25) is 0 Å². The summed E-state index contributed by atoms with van der Waals surface area (Å²) in [5, 5.41) is 30.6. The number of morpholine rings is 2. The minimum atomic E-state index is -4.51. The highest BCUT2D eigenvalue weighted by Gasteiger charge is 2.26. The van der Waals surface area contributed by atoms with Gasteiger partial charge in [0.15, 0.2) is 16.7 Å². The van der Waals surface area contributed by atoms with Crippen molar-refractivity contribution in [2.45, 2.75) is 56.5 Å².